The number of nitrogens with one attached hydrogen (secondary N) is 1. The molecule has 9 heteroatoms. The van der Waals surface area contributed by atoms with Crippen LogP contribution in [0.1, 0.15) is 117 Å². The van der Waals surface area contributed by atoms with E-state index in [2.05, 4.69) is 92.1 Å². The van der Waals surface area contributed by atoms with E-state index in [1.165, 1.54) is 0 Å². The molecule has 0 bridgehead atoms. The molecule has 0 spiro atoms. The standard InChI is InChI=1S/C41H71N2O6P/c1-6-8-10-12-14-15-16-17-18-19-20-21-22-23-24-25-26-27-29-31-33-35-41(45)42-39(40(44)34-32-30-28-13-11-9-7-2)38-49-50(46,47)48-37-36-43(3,4)5/h8,10-11,13-15,17-18,20-21,23-24,32,34,39-40,44H,6-7,9,12,16,19,22,25-31,33,35-38H2,1-5H3,(H-,42,45,46,47)/p+1/b10-8-,13-11+,15-14-,18-17-,21-20-,24-23-,34-32+. The molecule has 0 saturated carbocycles. The number of allylic oxidation sites excluding steroid dienone is 13. The summed E-state index contributed by atoms with van der Waals surface area (Å²) < 4.78 is 23.3. The average molecular weight is 720 g/mol. The van der Waals surface area contributed by atoms with Crippen LogP contribution in [0.3, 0.4) is 0 Å². The molecule has 0 aliphatic rings. The van der Waals surface area contributed by atoms with Crippen molar-refractivity contribution in [3.63, 3.8) is 0 Å². The number of unbranched alkanes of at least 4 members (excludes halogenated alkanes) is 7. The molecule has 286 valence electrons. The lowest BCUT2D eigenvalue weighted by Gasteiger charge is -2.25. The Hall–Kier alpha value is -2.32. The van der Waals surface area contributed by atoms with Crippen molar-refractivity contribution in [2.45, 2.75) is 129 Å². The van der Waals surface area contributed by atoms with E-state index in [0.29, 0.717) is 17.4 Å². The monoisotopic (exact) mass is 720 g/mol. The molecule has 3 unspecified atom stereocenters. The maximum absolute atomic E-state index is 12.7. The van der Waals surface area contributed by atoms with E-state index in [9.17, 15) is 19.4 Å². The number of aliphatic hydroxyl groups is 1. The molecule has 0 aliphatic carbocycles. The first kappa shape index (κ1) is 47.7. The highest BCUT2D eigenvalue weighted by Crippen LogP contribution is 2.43. The van der Waals surface area contributed by atoms with Crippen LogP contribution in [0, 0.1) is 0 Å². The largest absolute Gasteiger partial charge is 0.472 e. The molecule has 0 aromatic rings. The van der Waals surface area contributed by atoms with Gasteiger partial charge in [0.1, 0.15) is 13.2 Å². The molecule has 0 fully saturated rings. The van der Waals surface area contributed by atoms with Gasteiger partial charge in [-0.2, -0.15) is 0 Å². The molecule has 0 rings (SSSR count). The summed E-state index contributed by atoms with van der Waals surface area (Å²) in [5.41, 5.74) is 0. The zero-order chi connectivity index (χ0) is 37.2. The number of phosphoric acid groups is 1. The Morgan fingerprint density at radius 1 is 0.700 bits per heavy atom. The Morgan fingerprint density at radius 3 is 1.82 bits per heavy atom. The molecule has 1 amide bonds. The molecule has 3 atom stereocenters. The van der Waals surface area contributed by atoms with Crippen molar-refractivity contribution in [1.29, 1.82) is 0 Å². The van der Waals surface area contributed by atoms with Gasteiger partial charge in [-0.3, -0.25) is 13.8 Å². The van der Waals surface area contributed by atoms with Gasteiger partial charge in [0.25, 0.3) is 0 Å². The quantitative estimate of drug-likeness (QED) is 0.0277. The van der Waals surface area contributed by atoms with E-state index >= 15 is 0 Å². The highest BCUT2D eigenvalue weighted by atomic mass is 31.2. The van der Waals surface area contributed by atoms with Gasteiger partial charge in [-0.15, -0.1) is 0 Å². The summed E-state index contributed by atoms with van der Waals surface area (Å²) in [5.74, 6) is -0.217. The Balaban J connectivity index is 4.41. The van der Waals surface area contributed by atoms with Gasteiger partial charge in [0.15, 0.2) is 0 Å². The van der Waals surface area contributed by atoms with E-state index in [1.807, 2.05) is 27.2 Å². The third-order valence-electron chi connectivity index (χ3n) is 7.58. The number of hydrogen-bond acceptors (Lipinski definition) is 5. The number of carbonyl (C=O) groups is 1. The van der Waals surface area contributed by atoms with Crippen molar-refractivity contribution < 1.29 is 32.9 Å². The third kappa shape index (κ3) is 34.1. The fraction of sp³-hybridized carbons (Fsp3) is 0.634. The van der Waals surface area contributed by atoms with Gasteiger partial charge in [0, 0.05) is 6.42 Å². The normalized spacial score (nSPS) is 15.6. The second kappa shape index (κ2) is 32.6. The smallest absolute Gasteiger partial charge is 0.387 e. The molecule has 8 nitrogen and oxygen atoms in total. The van der Waals surface area contributed by atoms with Gasteiger partial charge >= 0.3 is 7.82 Å². The van der Waals surface area contributed by atoms with Crippen molar-refractivity contribution in [2.24, 2.45) is 0 Å². The lowest BCUT2D eigenvalue weighted by Crippen LogP contribution is -2.45. The topological polar surface area (TPSA) is 105 Å². The Morgan fingerprint density at radius 2 is 1.22 bits per heavy atom. The first-order valence-corrected chi connectivity index (χ1v) is 20.5. The fourth-order valence-corrected chi connectivity index (χ4v) is 5.29. The zero-order valence-electron chi connectivity index (χ0n) is 32.1. The van der Waals surface area contributed by atoms with Crippen LogP contribution in [0.2, 0.25) is 0 Å². The summed E-state index contributed by atoms with van der Waals surface area (Å²) in [4.78, 5) is 22.9. The first-order valence-electron chi connectivity index (χ1n) is 19.0. The minimum atomic E-state index is -4.34. The Kier molecular flexibility index (Phi) is 31.1. The number of aliphatic hydroxyl groups excluding tert-OH is 1. The van der Waals surface area contributed by atoms with Crippen LogP contribution in [0.25, 0.3) is 0 Å². The summed E-state index contributed by atoms with van der Waals surface area (Å²) >= 11 is 0. The van der Waals surface area contributed by atoms with Gasteiger partial charge in [-0.25, -0.2) is 4.57 Å². The Bertz CT molecular complexity index is 1090. The van der Waals surface area contributed by atoms with E-state index in [-0.39, 0.29) is 19.1 Å². The van der Waals surface area contributed by atoms with Crippen molar-refractivity contribution in [3.05, 3.63) is 85.1 Å². The van der Waals surface area contributed by atoms with E-state index in [0.717, 1.165) is 96.3 Å². The van der Waals surface area contributed by atoms with Crippen LogP contribution in [0.4, 0.5) is 0 Å². The molecule has 0 aromatic heterocycles. The number of phosphoric ester groups is 1. The van der Waals surface area contributed by atoms with E-state index < -0.39 is 20.0 Å². The number of hydrogen-bond donors (Lipinski definition) is 3. The molecule has 0 aromatic carbocycles. The minimum absolute atomic E-state index is 0.0463. The number of amides is 1. The summed E-state index contributed by atoms with van der Waals surface area (Å²) in [6, 6.07) is -0.875. The van der Waals surface area contributed by atoms with Gasteiger partial charge in [0.2, 0.25) is 5.91 Å². The maximum atomic E-state index is 12.7. The molecular weight excluding hydrogens is 647 g/mol. The van der Waals surface area contributed by atoms with Gasteiger partial charge in [-0.05, 0) is 70.6 Å². The molecule has 0 saturated heterocycles. The average Bonchev–Trinajstić information content (AvgIpc) is 3.06. The molecule has 3 N–H and O–H groups in total. The number of carbonyl (C=O) groups excluding carboxylic acids is 1. The van der Waals surface area contributed by atoms with E-state index in [4.69, 9.17) is 9.05 Å². The van der Waals surface area contributed by atoms with Crippen molar-refractivity contribution >= 4 is 13.7 Å². The number of quaternary nitrogens is 1. The second-order valence-corrected chi connectivity index (χ2v) is 15.0. The first-order chi connectivity index (χ1) is 24.0. The van der Waals surface area contributed by atoms with E-state index in [1.54, 1.807) is 6.08 Å². The summed E-state index contributed by atoms with van der Waals surface area (Å²) in [5, 5.41) is 13.6. The van der Waals surface area contributed by atoms with Crippen molar-refractivity contribution in [2.75, 3.05) is 40.9 Å². The van der Waals surface area contributed by atoms with Gasteiger partial charge in [0.05, 0.1) is 39.9 Å². The van der Waals surface area contributed by atoms with Gasteiger partial charge < -0.3 is 19.8 Å². The van der Waals surface area contributed by atoms with Crippen molar-refractivity contribution in [3.8, 4) is 0 Å². The molecule has 0 aliphatic heterocycles. The predicted octanol–water partition coefficient (Wildman–Crippen LogP) is 9.85. The third-order valence-corrected chi connectivity index (χ3v) is 8.56. The molecule has 50 heavy (non-hydrogen) atoms. The highest BCUT2D eigenvalue weighted by Gasteiger charge is 2.27. The molecular formula is C41H72N2O6P+. The zero-order valence-corrected chi connectivity index (χ0v) is 33.0. The SMILES string of the molecule is CC/C=C\C/C=C\C/C=C\C/C=C\C/C=C\CCCCCCCC(=O)NC(COP(=O)(O)OCC[N+](C)(C)C)C(O)/C=C/CC/C=C/CCC. The fourth-order valence-electron chi connectivity index (χ4n) is 4.56. The lowest BCUT2D eigenvalue weighted by molar-refractivity contribution is -0.870. The number of likely N-dealkylation sites (N-methyl/N-ethyl adjacent to an activating group) is 1. The van der Waals surface area contributed by atoms with Crippen LogP contribution < -0.4 is 5.32 Å². The highest BCUT2D eigenvalue weighted by molar-refractivity contribution is 7.47. The molecule has 0 heterocycles. The minimum Gasteiger partial charge on any atom is -0.387 e. The van der Waals surface area contributed by atoms with Crippen LogP contribution >= 0.6 is 7.82 Å². The van der Waals surface area contributed by atoms with Crippen LogP contribution in [0.5, 0.6) is 0 Å². The predicted molar refractivity (Wildman–Crippen MR) is 212 cm³/mol. The number of nitrogens with zero attached hydrogens (tertiary/aromatic N) is 1. The maximum Gasteiger partial charge on any atom is 0.472 e. The second-order valence-electron chi connectivity index (χ2n) is 13.6. The lowest BCUT2D eigenvalue weighted by atomic mass is 10.1. The van der Waals surface area contributed by atoms with Crippen LogP contribution in [0.15, 0.2) is 85.1 Å². The van der Waals surface area contributed by atoms with Crippen molar-refractivity contribution in [1.82, 2.24) is 5.32 Å². The number of rotatable bonds is 32. The summed E-state index contributed by atoms with van der Waals surface area (Å²) in [6.07, 6.45) is 43.9. The summed E-state index contributed by atoms with van der Waals surface area (Å²) in [7, 11) is 1.52. The van der Waals surface area contributed by atoms with Crippen LogP contribution in [-0.4, -0.2) is 73.4 Å². The Labute approximate surface area is 306 Å². The molecule has 0 radical (unpaired) electrons. The summed E-state index contributed by atoms with van der Waals surface area (Å²) in [6.45, 7) is 4.50. The van der Waals surface area contributed by atoms with Crippen LogP contribution in [-0.2, 0) is 18.4 Å². The van der Waals surface area contributed by atoms with Gasteiger partial charge in [-0.1, -0.05) is 125 Å².